The van der Waals surface area contributed by atoms with E-state index >= 15 is 0 Å². The number of ether oxygens (including phenoxy) is 1. The van der Waals surface area contributed by atoms with E-state index in [-0.39, 0.29) is 16.6 Å². The van der Waals surface area contributed by atoms with Gasteiger partial charge in [0, 0.05) is 11.1 Å². The number of carboxylic acids is 1. The summed E-state index contributed by atoms with van der Waals surface area (Å²) in [6.07, 6.45) is 0. The highest BCUT2D eigenvalue weighted by Gasteiger charge is 2.13. The molecule has 104 valence electrons. The Hall–Kier alpha value is -1.78. The molecule has 0 saturated heterocycles. The van der Waals surface area contributed by atoms with Crippen molar-refractivity contribution < 1.29 is 14.6 Å². The van der Waals surface area contributed by atoms with Gasteiger partial charge in [0.1, 0.15) is 5.75 Å². The zero-order valence-electron chi connectivity index (χ0n) is 10.8. The van der Waals surface area contributed by atoms with Gasteiger partial charge in [-0.1, -0.05) is 23.2 Å². The van der Waals surface area contributed by atoms with Crippen molar-refractivity contribution in [3.8, 4) is 11.6 Å². The summed E-state index contributed by atoms with van der Waals surface area (Å²) in [6, 6.07) is 6.45. The molecule has 0 bridgehead atoms. The fourth-order valence-electron chi connectivity index (χ4n) is 1.72. The number of halogens is 2. The van der Waals surface area contributed by atoms with E-state index in [0.29, 0.717) is 10.8 Å². The van der Waals surface area contributed by atoms with Crippen LogP contribution in [0.15, 0.2) is 24.3 Å². The van der Waals surface area contributed by atoms with Gasteiger partial charge in [0.25, 0.3) is 0 Å². The maximum absolute atomic E-state index is 11.0. The summed E-state index contributed by atoms with van der Waals surface area (Å²) in [5.74, 6) is -0.507. The molecule has 0 unspecified atom stereocenters. The number of aromatic nitrogens is 1. The second kappa shape index (κ2) is 5.69. The van der Waals surface area contributed by atoms with Gasteiger partial charge in [0.2, 0.25) is 5.88 Å². The number of hydrogen-bond donors (Lipinski definition) is 1. The Morgan fingerprint density at radius 2 is 1.80 bits per heavy atom. The molecule has 2 rings (SSSR count). The Kier molecular flexibility index (Phi) is 4.16. The zero-order chi connectivity index (χ0) is 14.9. The van der Waals surface area contributed by atoms with E-state index in [1.54, 1.807) is 12.1 Å². The molecule has 0 aliphatic heterocycles. The zero-order valence-corrected chi connectivity index (χ0v) is 12.3. The lowest BCUT2D eigenvalue weighted by atomic mass is 10.1. The first-order valence-corrected chi connectivity index (χ1v) is 6.48. The second-order valence-electron chi connectivity index (χ2n) is 4.26. The van der Waals surface area contributed by atoms with Crippen LogP contribution >= 0.6 is 23.2 Å². The Morgan fingerprint density at radius 1 is 1.20 bits per heavy atom. The molecule has 2 aromatic rings. The number of carbonyl (C=O) groups is 1. The van der Waals surface area contributed by atoms with Crippen LogP contribution in [-0.4, -0.2) is 16.1 Å². The van der Waals surface area contributed by atoms with Gasteiger partial charge in [-0.2, -0.15) is 0 Å². The van der Waals surface area contributed by atoms with E-state index < -0.39 is 5.97 Å². The van der Waals surface area contributed by atoms with Crippen LogP contribution < -0.4 is 4.74 Å². The minimum atomic E-state index is -1.20. The lowest BCUT2D eigenvalue weighted by molar-refractivity contribution is 0.0690. The smallest absolute Gasteiger partial charge is 0.356 e. The Bertz CT molecular complexity index is 663. The van der Waals surface area contributed by atoms with Crippen LogP contribution in [0, 0.1) is 13.8 Å². The molecule has 0 aliphatic rings. The molecule has 20 heavy (non-hydrogen) atoms. The number of aryl methyl sites for hydroxylation is 2. The molecule has 0 fully saturated rings. The highest BCUT2D eigenvalue weighted by Crippen LogP contribution is 2.29. The van der Waals surface area contributed by atoms with Gasteiger partial charge in [0.05, 0.1) is 5.02 Å². The molecule has 0 amide bonds. The van der Waals surface area contributed by atoms with Gasteiger partial charge in [-0.25, -0.2) is 9.78 Å². The summed E-state index contributed by atoms with van der Waals surface area (Å²) >= 11 is 11.8. The third-order valence-electron chi connectivity index (χ3n) is 2.66. The van der Waals surface area contributed by atoms with Crippen LogP contribution in [0.25, 0.3) is 0 Å². The first kappa shape index (κ1) is 14.6. The third kappa shape index (κ3) is 3.03. The van der Waals surface area contributed by atoms with E-state index in [1.807, 2.05) is 13.8 Å². The Balaban J connectivity index is 2.35. The van der Waals surface area contributed by atoms with E-state index in [1.165, 1.54) is 12.1 Å². The van der Waals surface area contributed by atoms with Gasteiger partial charge in [-0.05, 0) is 43.2 Å². The fourth-order valence-corrected chi connectivity index (χ4v) is 2.01. The van der Waals surface area contributed by atoms with Crippen molar-refractivity contribution in [3.05, 3.63) is 51.1 Å². The van der Waals surface area contributed by atoms with Crippen molar-refractivity contribution in [1.82, 2.24) is 4.98 Å². The molecule has 1 aromatic carbocycles. The van der Waals surface area contributed by atoms with Crippen LogP contribution in [0.5, 0.6) is 11.6 Å². The van der Waals surface area contributed by atoms with E-state index in [0.717, 1.165) is 11.1 Å². The predicted octanol–water partition coefficient (Wildman–Crippen LogP) is 4.50. The van der Waals surface area contributed by atoms with Crippen LogP contribution in [0.2, 0.25) is 10.0 Å². The monoisotopic (exact) mass is 311 g/mol. The van der Waals surface area contributed by atoms with Crippen molar-refractivity contribution in [2.24, 2.45) is 0 Å². The highest BCUT2D eigenvalue weighted by atomic mass is 35.5. The minimum Gasteiger partial charge on any atom is -0.476 e. The summed E-state index contributed by atoms with van der Waals surface area (Å²) in [4.78, 5) is 14.8. The largest absolute Gasteiger partial charge is 0.476 e. The van der Waals surface area contributed by atoms with Gasteiger partial charge < -0.3 is 9.84 Å². The fraction of sp³-hybridized carbons (Fsp3) is 0.143. The number of rotatable bonds is 3. The van der Waals surface area contributed by atoms with Gasteiger partial charge in [-0.3, -0.25) is 0 Å². The molecule has 1 aromatic heterocycles. The Labute approximate surface area is 125 Å². The van der Waals surface area contributed by atoms with Crippen molar-refractivity contribution >= 4 is 29.2 Å². The van der Waals surface area contributed by atoms with Gasteiger partial charge >= 0.3 is 5.97 Å². The first-order valence-electron chi connectivity index (χ1n) is 5.73. The summed E-state index contributed by atoms with van der Waals surface area (Å²) in [7, 11) is 0. The SMILES string of the molecule is Cc1cc(Oc2ccc(Cl)c(C(=O)O)n2)cc(C)c1Cl. The molecule has 0 saturated carbocycles. The van der Waals surface area contributed by atoms with Crippen molar-refractivity contribution in [2.75, 3.05) is 0 Å². The number of aromatic carboxylic acids is 1. The Morgan fingerprint density at radius 3 is 2.35 bits per heavy atom. The predicted molar refractivity (Wildman–Crippen MR) is 77.2 cm³/mol. The standard InChI is InChI=1S/C14H11Cl2NO3/c1-7-5-9(6-8(2)12(7)16)20-11-4-3-10(15)13(17-11)14(18)19/h3-6H,1-2H3,(H,18,19). The van der Waals surface area contributed by atoms with Crippen LogP contribution in [0.4, 0.5) is 0 Å². The third-order valence-corrected chi connectivity index (χ3v) is 3.56. The van der Waals surface area contributed by atoms with Crippen LogP contribution in [0.1, 0.15) is 21.6 Å². The summed E-state index contributed by atoms with van der Waals surface area (Å²) in [5.41, 5.74) is 1.50. The minimum absolute atomic E-state index is 0.0633. The van der Waals surface area contributed by atoms with Crippen molar-refractivity contribution in [2.45, 2.75) is 13.8 Å². The normalized spacial score (nSPS) is 10.4. The molecule has 0 spiro atoms. The molecular weight excluding hydrogens is 301 g/mol. The molecule has 0 aliphatic carbocycles. The van der Waals surface area contributed by atoms with Crippen molar-refractivity contribution in [3.63, 3.8) is 0 Å². The van der Waals surface area contributed by atoms with Crippen LogP contribution in [0.3, 0.4) is 0 Å². The molecule has 6 heteroatoms. The quantitative estimate of drug-likeness (QED) is 0.906. The molecule has 0 radical (unpaired) electrons. The van der Waals surface area contributed by atoms with E-state index in [9.17, 15) is 4.79 Å². The molecule has 1 N–H and O–H groups in total. The van der Waals surface area contributed by atoms with Crippen LogP contribution in [-0.2, 0) is 0 Å². The number of hydrogen-bond acceptors (Lipinski definition) is 3. The number of benzene rings is 1. The molecular formula is C14H11Cl2NO3. The average Bonchev–Trinajstić information content (AvgIpc) is 2.38. The van der Waals surface area contributed by atoms with E-state index in [2.05, 4.69) is 4.98 Å². The first-order chi connectivity index (χ1) is 9.38. The lowest BCUT2D eigenvalue weighted by Crippen LogP contribution is -2.02. The highest BCUT2D eigenvalue weighted by molar-refractivity contribution is 6.33. The summed E-state index contributed by atoms with van der Waals surface area (Å²) in [6.45, 7) is 3.72. The number of nitrogens with zero attached hydrogens (tertiary/aromatic N) is 1. The molecule has 1 heterocycles. The average molecular weight is 312 g/mol. The topological polar surface area (TPSA) is 59.4 Å². The second-order valence-corrected chi connectivity index (χ2v) is 5.04. The number of carboxylic acid groups (broad SMARTS) is 1. The maximum Gasteiger partial charge on any atom is 0.356 e. The summed E-state index contributed by atoms with van der Waals surface area (Å²) < 4.78 is 5.55. The van der Waals surface area contributed by atoms with Gasteiger partial charge in [-0.15, -0.1) is 0 Å². The molecule has 4 nitrogen and oxygen atoms in total. The van der Waals surface area contributed by atoms with Gasteiger partial charge in [0.15, 0.2) is 5.69 Å². The maximum atomic E-state index is 11.0. The molecule has 0 atom stereocenters. The lowest BCUT2D eigenvalue weighted by Gasteiger charge is -2.09. The van der Waals surface area contributed by atoms with E-state index in [4.69, 9.17) is 33.0 Å². The number of pyridine rings is 1. The summed E-state index contributed by atoms with van der Waals surface area (Å²) in [5, 5.41) is 9.70. The van der Waals surface area contributed by atoms with Crippen molar-refractivity contribution in [1.29, 1.82) is 0 Å².